The maximum absolute atomic E-state index is 13.8. The topological polar surface area (TPSA) is 54.9 Å². The van der Waals surface area contributed by atoms with E-state index in [9.17, 15) is 18.4 Å². The van der Waals surface area contributed by atoms with Crippen molar-refractivity contribution < 1.29 is 8.78 Å². The van der Waals surface area contributed by atoms with Gasteiger partial charge in [-0.1, -0.05) is 41.0 Å². The van der Waals surface area contributed by atoms with E-state index < -0.39 is 22.9 Å². The molecule has 0 radical (unpaired) electrons. The minimum Gasteiger partial charge on any atom is -0.312 e. The number of aromatic nitrogens is 2. The SMILES string of the molecule is O=c1[nH]cc(Sc2ccc(F)cc2F)c(=O)n1-c1c(Cl)cccc1Cl. The minimum atomic E-state index is -0.821. The molecule has 0 fully saturated rings. The molecule has 0 atom stereocenters. The molecule has 0 aliphatic rings. The number of para-hydroxylation sites is 1. The minimum absolute atomic E-state index is 0.0149. The predicted molar refractivity (Wildman–Crippen MR) is 93.2 cm³/mol. The Hall–Kier alpha value is -2.09. The maximum Gasteiger partial charge on any atom is 0.333 e. The van der Waals surface area contributed by atoms with Gasteiger partial charge in [-0.15, -0.1) is 0 Å². The number of halogens is 4. The van der Waals surface area contributed by atoms with E-state index in [2.05, 4.69) is 4.98 Å². The molecule has 0 spiro atoms. The summed E-state index contributed by atoms with van der Waals surface area (Å²) in [6.07, 6.45) is 1.15. The molecule has 4 nitrogen and oxygen atoms in total. The number of hydrogen-bond acceptors (Lipinski definition) is 3. The molecular formula is C16H8Cl2F2N2O2S. The summed E-state index contributed by atoms with van der Waals surface area (Å²) >= 11 is 12.9. The number of benzene rings is 2. The Morgan fingerprint density at radius 3 is 2.32 bits per heavy atom. The van der Waals surface area contributed by atoms with E-state index in [1.807, 2.05) is 0 Å². The molecule has 2 aromatic carbocycles. The standard InChI is InChI=1S/C16H8Cl2F2N2O2S/c17-9-2-1-3-10(18)14(9)22-15(23)13(7-21-16(22)24)25-12-5-4-8(19)6-11(12)20/h1-7H,(H,21,24). The first-order valence-electron chi connectivity index (χ1n) is 6.80. The summed E-state index contributed by atoms with van der Waals surface area (Å²) in [6, 6.07) is 7.51. The highest BCUT2D eigenvalue weighted by atomic mass is 35.5. The Labute approximate surface area is 154 Å². The van der Waals surface area contributed by atoms with Crippen LogP contribution in [0.1, 0.15) is 0 Å². The summed E-state index contributed by atoms with van der Waals surface area (Å²) in [5, 5.41) is 0.213. The van der Waals surface area contributed by atoms with Gasteiger partial charge in [0.15, 0.2) is 0 Å². The first-order valence-corrected chi connectivity index (χ1v) is 8.38. The third kappa shape index (κ3) is 3.49. The molecule has 3 rings (SSSR count). The Morgan fingerprint density at radius 2 is 1.68 bits per heavy atom. The van der Waals surface area contributed by atoms with Crippen LogP contribution in [0.4, 0.5) is 8.78 Å². The molecule has 0 aliphatic carbocycles. The van der Waals surface area contributed by atoms with Gasteiger partial charge in [0.2, 0.25) is 0 Å². The van der Waals surface area contributed by atoms with E-state index in [0.29, 0.717) is 6.07 Å². The van der Waals surface area contributed by atoms with Crippen LogP contribution in [0.5, 0.6) is 0 Å². The van der Waals surface area contributed by atoms with Crippen LogP contribution in [-0.4, -0.2) is 9.55 Å². The third-order valence-electron chi connectivity index (χ3n) is 3.22. The Balaban J connectivity index is 2.16. The van der Waals surface area contributed by atoms with Crippen LogP contribution in [-0.2, 0) is 0 Å². The molecular weight excluding hydrogens is 393 g/mol. The van der Waals surface area contributed by atoms with Crippen molar-refractivity contribution in [1.82, 2.24) is 9.55 Å². The first kappa shape index (κ1) is 17.7. The van der Waals surface area contributed by atoms with Crippen molar-refractivity contribution in [3.8, 4) is 5.69 Å². The van der Waals surface area contributed by atoms with Crippen molar-refractivity contribution in [2.75, 3.05) is 0 Å². The van der Waals surface area contributed by atoms with Crippen molar-refractivity contribution in [3.63, 3.8) is 0 Å². The molecule has 0 bridgehead atoms. The van der Waals surface area contributed by atoms with E-state index in [0.717, 1.165) is 28.6 Å². The van der Waals surface area contributed by atoms with Gasteiger partial charge in [0.25, 0.3) is 5.56 Å². The molecule has 1 aromatic heterocycles. The number of nitrogens with one attached hydrogen (secondary N) is 1. The average Bonchev–Trinajstić information content (AvgIpc) is 2.55. The quantitative estimate of drug-likeness (QED) is 0.714. The summed E-state index contributed by atoms with van der Waals surface area (Å²) in [7, 11) is 0. The van der Waals surface area contributed by atoms with E-state index >= 15 is 0 Å². The zero-order chi connectivity index (χ0) is 18.1. The van der Waals surface area contributed by atoms with Crippen molar-refractivity contribution in [2.24, 2.45) is 0 Å². The lowest BCUT2D eigenvalue weighted by Gasteiger charge is -2.10. The second kappa shape index (κ2) is 7.03. The van der Waals surface area contributed by atoms with Gasteiger partial charge >= 0.3 is 5.69 Å². The van der Waals surface area contributed by atoms with Crippen LogP contribution in [0.3, 0.4) is 0 Å². The monoisotopic (exact) mass is 400 g/mol. The zero-order valence-corrected chi connectivity index (χ0v) is 14.6. The number of hydrogen-bond donors (Lipinski definition) is 1. The first-order chi connectivity index (χ1) is 11.9. The predicted octanol–water partition coefficient (Wildman–Crippen LogP) is 4.26. The van der Waals surface area contributed by atoms with E-state index in [-0.39, 0.29) is 25.5 Å². The fourth-order valence-electron chi connectivity index (χ4n) is 2.11. The molecule has 0 aliphatic heterocycles. The number of rotatable bonds is 3. The Kier molecular flexibility index (Phi) is 4.99. The molecule has 0 saturated carbocycles. The van der Waals surface area contributed by atoms with Crippen molar-refractivity contribution in [1.29, 1.82) is 0 Å². The lowest BCUT2D eigenvalue weighted by molar-refractivity contribution is 0.565. The molecule has 0 unspecified atom stereocenters. The van der Waals surface area contributed by atoms with Gasteiger partial charge in [-0.05, 0) is 24.3 Å². The lowest BCUT2D eigenvalue weighted by Crippen LogP contribution is -2.34. The van der Waals surface area contributed by atoms with Crippen molar-refractivity contribution in [3.05, 3.63) is 85.1 Å². The van der Waals surface area contributed by atoms with Gasteiger partial charge in [-0.2, -0.15) is 0 Å². The fraction of sp³-hybridized carbons (Fsp3) is 0. The number of nitrogens with zero attached hydrogens (tertiary/aromatic N) is 1. The van der Waals surface area contributed by atoms with Crippen molar-refractivity contribution in [2.45, 2.75) is 9.79 Å². The fourth-order valence-corrected chi connectivity index (χ4v) is 3.50. The van der Waals surface area contributed by atoms with Gasteiger partial charge in [-0.25, -0.2) is 18.1 Å². The van der Waals surface area contributed by atoms with Gasteiger partial charge in [0, 0.05) is 17.2 Å². The smallest absolute Gasteiger partial charge is 0.312 e. The normalized spacial score (nSPS) is 10.9. The van der Waals surface area contributed by atoms with Gasteiger partial charge < -0.3 is 4.98 Å². The molecule has 128 valence electrons. The summed E-state index contributed by atoms with van der Waals surface area (Å²) in [5.41, 5.74) is -1.45. The van der Waals surface area contributed by atoms with Gasteiger partial charge in [0.1, 0.15) is 11.6 Å². The highest BCUT2D eigenvalue weighted by Gasteiger charge is 2.17. The van der Waals surface area contributed by atoms with Crippen LogP contribution in [0.15, 0.2) is 62.0 Å². The summed E-state index contributed by atoms with van der Waals surface area (Å²) in [4.78, 5) is 27.2. The zero-order valence-electron chi connectivity index (χ0n) is 12.2. The summed E-state index contributed by atoms with van der Waals surface area (Å²) < 4.78 is 27.6. The number of aromatic amines is 1. The van der Waals surface area contributed by atoms with Crippen molar-refractivity contribution >= 4 is 35.0 Å². The van der Waals surface area contributed by atoms with Gasteiger partial charge in [0.05, 0.1) is 20.6 Å². The van der Waals surface area contributed by atoms with Crippen LogP contribution >= 0.6 is 35.0 Å². The number of H-pyrrole nitrogens is 1. The largest absolute Gasteiger partial charge is 0.333 e. The molecule has 1 N–H and O–H groups in total. The van der Waals surface area contributed by atoms with Crippen LogP contribution < -0.4 is 11.2 Å². The van der Waals surface area contributed by atoms with Crippen LogP contribution in [0.25, 0.3) is 5.69 Å². The highest BCUT2D eigenvalue weighted by Crippen LogP contribution is 2.29. The molecule has 3 aromatic rings. The second-order valence-electron chi connectivity index (χ2n) is 4.85. The molecule has 25 heavy (non-hydrogen) atoms. The van der Waals surface area contributed by atoms with E-state index in [4.69, 9.17) is 23.2 Å². The Bertz CT molecular complexity index is 1060. The highest BCUT2D eigenvalue weighted by molar-refractivity contribution is 7.99. The molecule has 1 heterocycles. The molecule has 0 amide bonds. The maximum atomic E-state index is 13.8. The lowest BCUT2D eigenvalue weighted by atomic mass is 10.3. The summed E-state index contributed by atoms with van der Waals surface area (Å²) in [5.74, 6) is -1.55. The average molecular weight is 401 g/mol. The summed E-state index contributed by atoms with van der Waals surface area (Å²) in [6.45, 7) is 0. The van der Waals surface area contributed by atoms with Crippen LogP contribution in [0, 0.1) is 11.6 Å². The molecule has 9 heteroatoms. The van der Waals surface area contributed by atoms with E-state index in [1.54, 1.807) is 6.07 Å². The van der Waals surface area contributed by atoms with Crippen LogP contribution in [0.2, 0.25) is 10.0 Å². The van der Waals surface area contributed by atoms with Gasteiger partial charge in [-0.3, -0.25) is 4.79 Å². The Morgan fingerprint density at radius 1 is 1.00 bits per heavy atom. The second-order valence-corrected chi connectivity index (χ2v) is 6.74. The van der Waals surface area contributed by atoms with E-state index in [1.165, 1.54) is 18.2 Å². The molecule has 0 saturated heterocycles. The third-order valence-corrected chi connectivity index (χ3v) is 4.89.